The van der Waals surface area contributed by atoms with Crippen LogP contribution in [0.15, 0.2) is 58.4 Å². The first-order valence-electron chi connectivity index (χ1n) is 10.2. The van der Waals surface area contributed by atoms with E-state index in [0.717, 1.165) is 5.56 Å². The van der Waals surface area contributed by atoms with Gasteiger partial charge < -0.3 is 9.64 Å². The fourth-order valence-corrected chi connectivity index (χ4v) is 4.98. The summed E-state index contributed by atoms with van der Waals surface area (Å²) in [5.41, 5.74) is 1.54. The summed E-state index contributed by atoms with van der Waals surface area (Å²) in [6.45, 7) is 3.78. The Hall–Kier alpha value is -3.08. The van der Waals surface area contributed by atoms with E-state index in [1.807, 2.05) is 20.0 Å². The third-order valence-electron chi connectivity index (χ3n) is 5.38. The van der Waals surface area contributed by atoms with Gasteiger partial charge in [0.05, 0.1) is 16.2 Å². The lowest BCUT2D eigenvalue weighted by Gasteiger charge is -2.31. The van der Waals surface area contributed by atoms with Crippen molar-refractivity contribution in [2.45, 2.75) is 18.4 Å². The number of pyridine rings is 1. The SMILES string of the molecule is Cc1ccc2nc(COC(=O)c3cccc(S(=O)(=O)N4CCN(C)CC4)c3)cc(=O)n2c1. The first kappa shape index (κ1) is 22.1. The van der Waals surface area contributed by atoms with Crippen LogP contribution in [0.1, 0.15) is 21.6 Å². The highest BCUT2D eigenvalue weighted by Crippen LogP contribution is 2.19. The number of ether oxygens (including phenoxy) is 1. The maximum atomic E-state index is 12.9. The Morgan fingerprint density at radius 1 is 1.09 bits per heavy atom. The molecule has 0 spiro atoms. The topological polar surface area (TPSA) is 101 Å². The van der Waals surface area contributed by atoms with Crippen molar-refractivity contribution in [2.24, 2.45) is 0 Å². The number of fused-ring (bicyclic) bond motifs is 1. The molecule has 0 atom stereocenters. The lowest BCUT2D eigenvalue weighted by molar-refractivity contribution is 0.0467. The summed E-state index contributed by atoms with van der Waals surface area (Å²) in [6, 6.07) is 10.7. The number of likely N-dealkylation sites (N-methyl/N-ethyl adjacent to an activating group) is 1. The Kier molecular flexibility index (Phi) is 6.09. The highest BCUT2D eigenvalue weighted by molar-refractivity contribution is 7.89. The molecule has 0 N–H and O–H groups in total. The van der Waals surface area contributed by atoms with E-state index >= 15 is 0 Å². The van der Waals surface area contributed by atoms with Crippen LogP contribution in [0.25, 0.3) is 5.65 Å². The van der Waals surface area contributed by atoms with Crippen molar-refractivity contribution in [1.29, 1.82) is 0 Å². The maximum absolute atomic E-state index is 12.9. The zero-order valence-corrected chi connectivity index (χ0v) is 18.7. The van der Waals surface area contributed by atoms with Gasteiger partial charge in [-0.05, 0) is 43.8 Å². The van der Waals surface area contributed by atoms with Gasteiger partial charge in [-0.15, -0.1) is 0 Å². The number of rotatable bonds is 5. The average molecular weight is 457 g/mol. The number of hydrogen-bond acceptors (Lipinski definition) is 7. The van der Waals surface area contributed by atoms with E-state index in [4.69, 9.17) is 4.74 Å². The summed E-state index contributed by atoms with van der Waals surface area (Å²) in [4.78, 5) is 31.3. The first-order chi connectivity index (χ1) is 15.2. The van der Waals surface area contributed by atoms with Crippen molar-refractivity contribution in [3.8, 4) is 0 Å². The molecule has 0 amide bonds. The van der Waals surface area contributed by atoms with Gasteiger partial charge in [0.1, 0.15) is 12.3 Å². The summed E-state index contributed by atoms with van der Waals surface area (Å²) < 4.78 is 34.0. The summed E-state index contributed by atoms with van der Waals surface area (Å²) >= 11 is 0. The number of benzene rings is 1. The van der Waals surface area contributed by atoms with Gasteiger partial charge in [-0.3, -0.25) is 9.20 Å². The predicted molar refractivity (Wildman–Crippen MR) is 118 cm³/mol. The van der Waals surface area contributed by atoms with Crippen molar-refractivity contribution in [3.63, 3.8) is 0 Å². The minimum Gasteiger partial charge on any atom is -0.456 e. The maximum Gasteiger partial charge on any atom is 0.338 e. The number of piperazine rings is 1. The molecule has 9 nitrogen and oxygen atoms in total. The number of sulfonamides is 1. The van der Waals surface area contributed by atoms with Gasteiger partial charge in [-0.2, -0.15) is 4.31 Å². The first-order valence-corrected chi connectivity index (χ1v) is 11.6. The molecule has 1 saturated heterocycles. The van der Waals surface area contributed by atoms with Crippen LogP contribution in [0.5, 0.6) is 0 Å². The molecule has 1 aliphatic heterocycles. The van der Waals surface area contributed by atoms with Crippen molar-refractivity contribution in [3.05, 3.63) is 75.8 Å². The molecular formula is C22H24N4O5S. The minimum atomic E-state index is -3.70. The number of hydrogen-bond donors (Lipinski definition) is 0. The number of aromatic nitrogens is 2. The summed E-state index contributed by atoms with van der Waals surface area (Å²) in [5, 5.41) is 0. The van der Waals surface area contributed by atoms with Gasteiger partial charge in [0.2, 0.25) is 10.0 Å². The van der Waals surface area contributed by atoms with Gasteiger partial charge in [0.25, 0.3) is 5.56 Å². The quantitative estimate of drug-likeness (QED) is 0.533. The molecule has 0 radical (unpaired) electrons. The van der Waals surface area contributed by atoms with E-state index in [0.29, 0.717) is 37.5 Å². The predicted octanol–water partition coefficient (Wildman–Crippen LogP) is 1.30. The zero-order chi connectivity index (χ0) is 22.9. The second kappa shape index (κ2) is 8.81. The van der Waals surface area contributed by atoms with Crippen molar-refractivity contribution in [2.75, 3.05) is 33.2 Å². The minimum absolute atomic E-state index is 0.0500. The average Bonchev–Trinajstić information content (AvgIpc) is 2.78. The summed E-state index contributed by atoms with van der Waals surface area (Å²) in [7, 11) is -1.75. The molecule has 1 fully saturated rings. The van der Waals surface area contributed by atoms with E-state index in [9.17, 15) is 18.0 Å². The molecule has 32 heavy (non-hydrogen) atoms. The van der Waals surface area contributed by atoms with Crippen LogP contribution in [0.4, 0.5) is 0 Å². The van der Waals surface area contributed by atoms with Crippen LogP contribution < -0.4 is 5.56 Å². The molecule has 168 valence electrons. The molecule has 0 aliphatic carbocycles. The monoisotopic (exact) mass is 456 g/mol. The molecule has 3 heterocycles. The van der Waals surface area contributed by atoms with Gasteiger partial charge in [0, 0.05) is 38.4 Å². The summed E-state index contributed by atoms with van der Waals surface area (Å²) in [6.07, 6.45) is 1.69. The van der Waals surface area contributed by atoms with Crippen LogP contribution in [0, 0.1) is 6.92 Å². The smallest absolute Gasteiger partial charge is 0.338 e. The second-order valence-corrected chi connectivity index (χ2v) is 9.77. The second-order valence-electron chi connectivity index (χ2n) is 7.83. The van der Waals surface area contributed by atoms with Crippen molar-refractivity contribution in [1.82, 2.24) is 18.6 Å². The van der Waals surface area contributed by atoms with Crippen LogP contribution in [0.3, 0.4) is 0 Å². The van der Waals surface area contributed by atoms with Gasteiger partial charge in [-0.25, -0.2) is 18.2 Å². The van der Waals surface area contributed by atoms with E-state index in [1.165, 1.54) is 39.0 Å². The molecule has 3 aromatic rings. The Balaban J connectivity index is 1.49. The largest absolute Gasteiger partial charge is 0.456 e. The Morgan fingerprint density at radius 3 is 2.59 bits per heavy atom. The number of carbonyl (C=O) groups excluding carboxylic acids is 1. The molecule has 1 aliphatic rings. The molecule has 2 aromatic heterocycles. The Morgan fingerprint density at radius 2 is 1.84 bits per heavy atom. The van der Waals surface area contributed by atoms with Crippen LogP contribution in [-0.4, -0.2) is 66.2 Å². The molecule has 0 bridgehead atoms. The van der Waals surface area contributed by atoms with Crippen LogP contribution >= 0.6 is 0 Å². The fourth-order valence-electron chi connectivity index (χ4n) is 3.52. The van der Waals surface area contributed by atoms with Crippen molar-refractivity contribution < 1.29 is 17.9 Å². The lowest BCUT2D eigenvalue weighted by Crippen LogP contribution is -2.47. The van der Waals surface area contributed by atoms with E-state index in [1.54, 1.807) is 12.3 Å². The zero-order valence-electron chi connectivity index (χ0n) is 17.9. The van der Waals surface area contributed by atoms with E-state index in [-0.39, 0.29) is 22.6 Å². The lowest BCUT2D eigenvalue weighted by atomic mass is 10.2. The van der Waals surface area contributed by atoms with Crippen LogP contribution in [-0.2, 0) is 21.4 Å². The van der Waals surface area contributed by atoms with Gasteiger partial charge >= 0.3 is 5.97 Å². The fraction of sp³-hybridized carbons (Fsp3) is 0.318. The number of nitrogens with zero attached hydrogens (tertiary/aromatic N) is 4. The highest BCUT2D eigenvalue weighted by Gasteiger charge is 2.28. The highest BCUT2D eigenvalue weighted by atomic mass is 32.2. The van der Waals surface area contributed by atoms with Gasteiger partial charge in [0.15, 0.2) is 0 Å². The molecule has 4 rings (SSSR count). The van der Waals surface area contributed by atoms with Crippen LogP contribution in [0.2, 0.25) is 0 Å². The molecular weight excluding hydrogens is 432 g/mol. The molecule has 0 saturated carbocycles. The Labute approximate surface area is 185 Å². The van der Waals surface area contributed by atoms with E-state index < -0.39 is 16.0 Å². The molecule has 1 aromatic carbocycles. The number of aryl methyl sites for hydroxylation is 1. The van der Waals surface area contributed by atoms with Crippen molar-refractivity contribution >= 4 is 21.6 Å². The number of esters is 1. The third-order valence-corrected chi connectivity index (χ3v) is 7.28. The molecule has 0 unspecified atom stereocenters. The number of carbonyl (C=O) groups is 1. The van der Waals surface area contributed by atoms with Gasteiger partial charge in [-0.1, -0.05) is 12.1 Å². The molecule has 10 heteroatoms. The third kappa shape index (κ3) is 4.57. The Bertz CT molecular complexity index is 1330. The van der Waals surface area contributed by atoms with E-state index in [2.05, 4.69) is 9.88 Å². The standard InChI is InChI=1S/C22H24N4O5S/c1-16-6-7-20-23-18(13-21(27)26(20)14-16)15-31-22(28)17-4-3-5-19(12-17)32(29,30)25-10-8-24(2)9-11-25/h3-7,12-14H,8-11,15H2,1-2H3. The summed E-state index contributed by atoms with van der Waals surface area (Å²) in [5.74, 6) is -0.689. The normalized spacial score (nSPS) is 15.7.